The number of morpholine rings is 1. The predicted octanol–water partition coefficient (Wildman–Crippen LogP) is 3.96. The van der Waals surface area contributed by atoms with Crippen LogP contribution in [0.1, 0.15) is 12.6 Å². The number of halogens is 1. The lowest BCUT2D eigenvalue weighted by molar-refractivity contribution is 0.0393. The molecular formula is C26H33ClN8O2. The Morgan fingerprint density at radius 3 is 2.84 bits per heavy atom. The molecule has 1 saturated heterocycles. The van der Waals surface area contributed by atoms with Crippen molar-refractivity contribution >= 4 is 46.9 Å². The molecule has 2 aliphatic rings. The van der Waals surface area contributed by atoms with Gasteiger partial charge in [-0.1, -0.05) is 17.7 Å². The van der Waals surface area contributed by atoms with E-state index in [1.54, 1.807) is 18.3 Å². The van der Waals surface area contributed by atoms with Gasteiger partial charge in [-0.25, -0.2) is 15.0 Å². The van der Waals surface area contributed by atoms with Crippen LogP contribution < -0.4 is 20.7 Å². The van der Waals surface area contributed by atoms with Gasteiger partial charge in [0, 0.05) is 57.8 Å². The number of nitrogens with one attached hydrogen (secondary N) is 1. The summed E-state index contributed by atoms with van der Waals surface area (Å²) >= 11 is 6.47. The van der Waals surface area contributed by atoms with Crippen LogP contribution in [-0.2, 0) is 4.74 Å². The molecule has 10 nitrogen and oxygen atoms in total. The zero-order valence-corrected chi connectivity index (χ0v) is 22.2. The third kappa shape index (κ3) is 6.22. The minimum Gasteiger partial charge on any atom is -0.494 e. The molecule has 4 rings (SSSR count). The number of rotatable bonds is 9. The highest BCUT2D eigenvalue weighted by atomic mass is 35.5. The van der Waals surface area contributed by atoms with Crippen LogP contribution in [0.4, 0.5) is 23.0 Å². The number of aromatic nitrogens is 2. The summed E-state index contributed by atoms with van der Waals surface area (Å²) < 4.78 is 11.1. The van der Waals surface area contributed by atoms with E-state index < -0.39 is 0 Å². The number of nitrogen functional groups attached to an aromatic ring is 1. The Kier molecular flexibility index (Phi) is 8.65. The fourth-order valence-corrected chi connectivity index (χ4v) is 4.44. The molecule has 11 heteroatoms. The average molecular weight is 525 g/mol. The third-order valence-electron chi connectivity index (χ3n) is 6.34. The summed E-state index contributed by atoms with van der Waals surface area (Å²) in [6.45, 7) is 10.8. The molecule has 3 N–H and O–H groups in total. The molecule has 0 atom stereocenters. The van der Waals surface area contributed by atoms with E-state index >= 15 is 0 Å². The van der Waals surface area contributed by atoms with Gasteiger partial charge in [0.1, 0.15) is 5.75 Å². The normalized spacial score (nSPS) is 17.0. The molecule has 0 amide bonds. The Bertz CT molecular complexity index is 1220. The minimum absolute atomic E-state index is 0.360. The summed E-state index contributed by atoms with van der Waals surface area (Å²) in [5, 5.41) is 9.35. The molecular weight excluding hydrogens is 492 g/mol. The van der Waals surface area contributed by atoms with E-state index in [0.717, 1.165) is 56.4 Å². The quantitative estimate of drug-likeness (QED) is 0.372. The second-order valence-corrected chi connectivity index (χ2v) is 9.11. The van der Waals surface area contributed by atoms with Crippen LogP contribution in [0, 0.1) is 0 Å². The van der Waals surface area contributed by atoms with Crippen molar-refractivity contribution in [2.24, 2.45) is 5.10 Å². The van der Waals surface area contributed by atoms with Gasteiger partial charge in [-0.2, -0.15) is 5.10 Å². The Morgan fingerprint density at radius 2 is 2.11 bits per heavy atom. The van der Waals surface area contributed by atoms with Gasteiger partial charge in [-0.15, -0.1) is 0 Å². The number of ether oxygens (including phenoxy) is 2. The van der Waals surface area contributed by atoms with Crippen LogP contribution in [0.5, 0.6) is 5.75 Å². The lowest BCUT2D eigenvalue weighted by atomic mass is 10.1. The van der Waals surface area contributed by atoms with Gasteiger partial charge in [0.2, 0.25) is 5.95 Å². The maximum absolute atomic E-state index is 6.47. The van der Waals surface area contributed by atoms with Crippen molar-refractivity contribution in [3.63, 3.8) is 0 Å². The molecule has 196 valence electrons. The van der Waals surface area contributed by atoms with Crippen LogP contribution in [0.2, 0.25) is 5.02 Å². The zero-order valence-electron chi connectivity index (χ0n) is 21.4. The number of nitrogens with two attached hydrogens (primary N) is 1. The van der Waals surface area contributed by atoms with Crippen molar-refractivity contribution in [2.75, 3.05) is 69.5 Å². The van der Waals surface area contributed by atoms with Gasteiger partial charge in [0.15, 0.2) is 0 Å². The van der Waals surface area contributed by atoms with Gasteiger partial charge in [-0.3, -0.25) is 4.90 Å². The standard InChI is InChI=1S/C26H33ClN8O2/c1-18(22-7-5-6-8-35(22)29-2)25-19(27)17-30-26(32-25)31-21-15-20(28)23(16-24(21)36-4)33(3)9-10-34-11-13-37-14-12-34/h5-8,15-17H,2,9-14,28H2,1,3-4H3,(H,30,31,32)/b22-18+. The summed E-state index contributed by atoms with van der Waals surface area (Å²) in [5.41, 5.74) is 10.8. The average Bonchev–Trinajstić information content (AvgIpc) is 2.93. The van der Waals surface area contributed by atoms with Crippen LogP contribution >= 0.6 is 11.6 Å². The first kappa shape index (κ1) is 26.5. The number of nitrogens with zero attached hydrogens (tertiary/aromatic N) is 6. The monoisotopic (exact) mass is 524 g/mol. The number of allylic oxidation sites excluding steroid dienone is 4. The van der Waals surface area contributed by atoms with Gasteiger partial charge < -0.3 is 25.4 Å². The molecule has 0 unspecified atom stereocenters. The number of hydrogen-bond acceptors (Lipinski definition) is 10. The summed E-state index contributed by atoms with van der Waals surface area (Å²) in [6, 6.07) is 3.76. The van der Waals surface area contributed by atoms with Crippen LogP contribution in [-0.4, -0.2) is 80.1 Å². The highest BCUT2D eigenvalue weighted by Crippen LogP contribution is 2.37. The largest absolute Gasteiger partial charge is 0.494 e. The molecule has 0 spiro atoms. The van der Waals surface area contributed by atoms with E-state index in [0.29, 0.717) is 33.8 Å². The van der Waals surface area contributed by atoms with Gasteiger partial charge >= 0.3 is 0 Å². The number of hydrogen-bond donors (Lipinski definition) is 2. The highest BCUT2D eigenvalue weighted by molar-refractivity contribution is 6.32. The maximum atomic E-state index is 6.47. The number of benzene rings is 1. The fourth-order valence-electron chi connectivity index (χ4n) is 4.21. The van der Waals surface area contributed by atoms with E-state index in [1.807, 2.05) is 50.5 Å². The van der Waals surface area contributed by atoms with E-state index in [4.69, 9.17) is 26.8 Å². The van der Waals surface area contributed by atoms with Crippen molar-refractivity contribution in [3.8, 4) is 5.75 Å². The third-order valence-corrected chi connectivity index (χ3v) is 6.61. The molecule has 1 fully saturated rings. The van der Waals surface area contributed by atoms with E-state index in [2.05, 4.69) is 36.9 Å². The Balaban J connectivity index is 1.55. The van der Waals surface area contributed by atoms with Crippen LogP contribution in [0.15, 0.2) is 53.6 Å². The first-order chi connectivity index (χ1) is 17.9. The molecule has 0 aliphatic carbocycles. The van der Waals surface area contributed by atoms with Crippen molar-refractivity contribution < 1.29 is 9.47 Å². The lowest BCUT2D eigenvalue weighted by Crippen LogP contribution is -2.40. The van der Waals surface area contributed by atoms with Gasteiger partial charge in [0.05, 0.1) is 60.0 Å². The van der Waals surface area contributed by atoms with E-state index in [9.17, 15) is 0 Å². The van der Waals surface area contributed by atoms with Gasteiger partial charge in [0.25, 0.3) is 0 Å². The maximum Gasteiger partial charge on any atom is 0.227 e. The van der Waals surface area contributed by atoms with Crippen LogP contribution in [0.3, 0.4) is 0 Å². The first-order valence-corrected chi connectivity index (χ1v) is 12.4. The van der Waals surface area contributed by atoms with Crippen molar-refractivity contribution in [1.29, 1.82) is 0 Å². The van der Waals surface area contributed by atoms with E-state index in [1.165, 1.54) is 0 Å². The molecule has 3 heterocycles. The first-order valence-electron chi connectivity index (χ1n) is 12.0. The molecule has 2 aromatic rings. The predicted molar refractivity (Wildman–Crippen MR) is 151 cm³/mol. The molecule has 0 radical (unpaired) electrons. The Morgan fingerprint density at radius 1 is 1.32 bits per heavy atom. The number of anilines is 4. The van der Waals surface area contributed by atoms with Crippen molar-refractivity contribution in [3.05, 3.63) is 59.2 Å². The minimum atomic E-state index is 0.360. The number of likely N-dealkylation sites (N-methyl/N-ethyl adjacent to an activating group) is 1. The highest BCUT2D eigenvalue weighted by Gasteiger charge is 2.18. The van der Waals surface area contributed by atoms with Crippen LogP contribution in [0.25, 0.3) is 5.57 Å². The fraction of sp³-hybridized carbons (Fsp3) is 0.346. The zero-order chi connectivity index (χ0) is 26.4. The number of methoxy groups -OCH3 is 1. The second-order valence-electron chi connectivity index (χ2n) is 8.70. The summed E-state index contributed by atoms with van der Waals surface area (Å²) in [5.74, 6) is 0.985. The Labute approximate surface area is 222 Å². The van der Waals surface area contributed by atoms with Crippen molar-refractivity contribution in [2.45, 2.75) is 6.92 Å². The van der Waals surface area contributed by atoms with E-state index in [-0.39, 0.29) is 0 Å². The topological polar surface area (TPSA) is 104 Å². The number of hydrazone groups is 1. The molecule has 1 aromatic carbocycles. The molecule has 2 aliphatic heterocycles. The molecule has 0 saturated carbocycles. The SMILES string of the molecule is C=NN1C=CC=C/C1=C(/C)c1nc(Nc2cc(N)c(N(C)CCN3CCOCC3)cc2OC)ncc1Cl. The van der Waals surface area contributed by atoms with Crippen molar-refractivity contribution in [1.82, 2.24) is 19.9 Å². The molecule has 1 aromatic heterocycles. The second kappa shape index (κ2) is 12.1. The summed E-state index contributed by atoms with van der Waals surface area (Å²) in [4.78, 5) is 13.6. The summed E-state index contributed by atoms with van der Waals surface area (Å²) in [6.07, 6.45) is 9.09. The summed E-state index contributed by atoms with van der Waals surface area (Å²) in [7, 11) is 3.65. The smallest absolute Gasteiger partial charge is 0.227 e. The molecule has 0 bridgehead atoms. The molecule has 37 heavy (non-hydrogen) atoms. The van der Waals surface area contributed by atoms with Gasteiger partial charge in [-0.05, 0) is 25.1 Å². The Hall–Kier alpha value is -3.60. The lowest BCUT2D eigenvalue weighted by Gasteiger charge is -2.30.